The van der Waals surface area contributed by atoms with Crippen LogP contribution in [0.4, 0.5) is 0 Å². The predicted molar refractivity (Wildman–Crippen MR) is 46.7 cm³/mol. The van der Waals surface area contributed by atoms with Crippen LogP contribution in [-0.4, -0.2) is 37.0 Å². The summed E-state index contributed by atoms with van der Waals surface area (Å²) >= 11 is 0. The Morgan fingerprint density at radius 3 is 2.92 bits per heavy atom. The van der Waals surface area contributed by atoms with Crippen LogP contribution in [0.2, 0.25) is 0 Å². The number of hydrogen-bond acceptors (Lipinski definition) is 3. The van der Waals surface area contributed by atoms with E-state index in [9.17, 15) is 4.79 Å². The lowest BCUT2D eigenvalue weighted by molar-refractivity contribution is -0.145. The van der Waals surface area contributed by atoms with Crippen LogP contribution in [0.15, 0.2) is 0 Å². The molecule has 0 saturated carbocycles. The first-order valence-corrected chi connectivity index (χ1v) is 4.53. The Morgan fingerprint density at radius 1 is 1.54 bits per heavy atom. The van der Waals surface area contributed by atoms with E-state index >= 15 is 0 Å². The maximum Gasteiger partial charge on any atom is 0.306 e. The molecule has 13 heavy (non-hydrogen) atoms. The number of carboxylic acids is 1. The van der Waals surface area contributed by atoms with Crippen LogP contribution in [0, 0.1) is 0 Å². The van der Waals surface area contributed by atoms with E-state index < -0.39 is 11.6 Å². The third-order valence-electron chi connectivity index (χ3n) is 2.53. The Labute approximate surface area is 77.8 Å². The fourth-order valence-electron chi connectivity index (χ4n) is 1.71. The fourth-order valence-corrected chi connectivity index (χ4v) is 1.71. The maximum atomic E-state index is 10.6. The van der Waals surface area contributed by atoms with Gasteiger partial charge < -0.3 is 14.6 Å². The van der Waals surface area contributed by atoms with Gasteiger partial charge in [0.2, 0.25) is 0 Å². The summed E-state index contributed by atoms with van der Waals surface area (Å²) in [4.78, 5) is 10.6. The highest BCUT2D eigenvalue weighted by Crippen LogP contribution is 2.28. The zero-order valence-electron chi connectivity index (χ0n) is 7.91. The van der Waals surface area contributed by atoms with Crippen LogP contribution in [-0.2, 0) is 14.3 Å². The van der Waals surface area contributed by atoms with E-state index in [-0.39, 0.29) is 6.42 Å². The van der Waals surface area contributed by atoms with Crippen molar-refractivity contribution in [2.75, 3.05) is 20.3 Å². The number of carboxylic acid groups (broad SMARTS) is 1. The van der Waals surface area contributed by atoms with Crippen molar-refractivity contribution in [2.45, 2.75) is 31.3 Å². The quantitative estimate of drug-likeness (QED) is 0.719. The van der Waals surface area contributed by atoms with Gasteiger partial charge in [-0.25, -0.2) is 0 Å². The number of aliphatic carboxylic acids is 1. The number of hydrogen-bond donors (Lipinski definition) is 1. The molecule has 4 heteroatoms. The summed E-state index contributed by atoms with van der Waals surface area (Å²) in [6, 6.07) is 0. The Bertz CT molecular complexity index is 170. The van der Waals surface area contributed by atoms with E-state index in [0.29, 0.717) is 19.6 Å². The molecule has 1 heterocycles. The molecule has 0 spiro atoms. The molecule has 0 aromatic carbocycles. The van der Waals surface area contributed by atoms with Crippen LogP contribution < -0.4 is 0 Å². The highest BCUT2D eigenvalue weighted by Gasteiger charge is 2.33. The summed E-state index contributed by atoms with van der Waals surface area (Å²) in [6.07, 6.45) is 2.40. The first-order valence-electron chi connectivity index (χ1n) is 4.53. The first kappa shape index (κ1) is 10.5. The molecule has 0 aromatic heterocycles. The van der Waals surface area contributed by atoms with E-state index in [4.69, 9.17) is 14.6 Å². The lowest BCUT2D eigenvalue weighted by atomic mass is 9.91. The number of ether oxygens (including phenoxy) is 2. The van der Waals surface area contributed by atoms with Crippen LogP contribution in [0.1, 0.15) is 25.7 Å². The molecule has 0 amide bonds. The number of rotatable bonds is 3. The van der Waals surface area contributed by atoms with Crippen LogP contribution in [0.3, 0.4) is 0 Å². The van der Waals surface area contributed by atoms with Crippen molar-refractivity contribution in [1.82, 2.24) is 0 Å². The largest absolute Gasteiger partial charge is 0.481 e. The maximum absolute atomic E-state index is 10.6. The van der Waals surface area contributed by atoms with Crippen molar-refractivity contribution in [3.8, 4) is 0 Å². The molecule has 1 fully saturated rings. The van der Waals surface area contributed by atoms with Crippen molar-refractivity contribution in [2.24, 2.45) is 0 Å². The predicted octanol–water partition coefficient (Wildman–Crippen LogP) is 1.05. The van der Waals surface area contributed by atoms with Gasteiger partial charge in [0.15, 0.2) is 0 Å². The van der Waals surface area contributed by atoms with Gasteiger partial charge in [-0.2, -0.15) is 0 Å². The van der Waals surface area contributed by atoms with Crippen LogP contribution in [0.5, 0.6) is 0 Å². The molecule has 1 atom stereocenters. The number of methoxy groups -OCH3 is 1. The summed E-state index contributed by atoms with van der Waals surface area (Å²) in [5, 5.41) is 8.73. The molecule has 1 saturated heterocycles. The lowest BCUT2D eigenvalue weighted by Gasteiger charge is -2.28. The SMILES string of the molecule is COC1(CC(=O)O)CCCOCC1. The van der Waals surface area contributed by atoms with Gasteiger partial charge in [0.1, 0.15) is 0 Å². The van der Waals surface area contributed by atoms with Crippen molar-refractivity contribution < 1.29 is 19.4 Å². The smallest absolute Gasteiger partial charge is 0.306 e. The second-order valence-electron chi connectivity index (χ2n) is 3.42. The van der Waals surface area contributed by atoms with Gasteiger partial charge in [0, 0.05) is 26.7 Å². The van der Waals surface area contributed by atoms with Gasteiger partial charge >= 0.3 is 5.97 Å². The molecule has 1 aliphatic rings. The van der Waals surface area contributed by atoms with Crippen molar-refractivity contribution in [3.63, 3.8) is 0 Å². The third kappa shape index (κ3) is 2.97. The Balaban J connectivity index is 2.58. The second-order valence-corrected chi connectivity index (χ2v) is 3.42. The van der Waals surface area contributed by atoms with Crippen molar-refractivity contribution in [3.05, 3.63) is 0 Å². The minimum atomic E-state index is -0.802. The molecule has 0 radical (unpaired) electrons. The molecular formula is C9H16O4. The van der Waals surface area contributed by atoms with Gasteiger partial charge in [-0.3, -0.25) is 4.79 Å². The molecule has 1 N–H and O–H groups in total. The van der Waals surface area contributed by atoms with Gasteiger partial charge in [-0.1, -0.05) is 0 Å². The average molecular weight is 188 g/mol. The Kier molecular flexibility index (Phi) is 3.69. The Hall–Kier alpha value is -0.610. The summed E-state index contributed by atoms with van der Waals surface area (Å²) in [6.45, 7) is 1.31. The Morgan fingerprint density at radius 2 is 2.31 bits per heavy atom. The highest BCUT2D eigenvalue weighted by molar-refractivity contribution is 5.68. The normalized spacial score (nSPS) is 29.6. The standard InChI is InChI=1S/C9H16O4/c1-12-9(7-8(10)11)3-2-5-13-6-4-9/h2-7H2,1H3,(H,10,11). The molecule has 1 unspecified atom stereocenters. The van der Waals surface area contributed by atoms with E-state index in [0.717, 1.165) is 12.8 Å². The summed E-state index contributed by atoms with van der Waals surface area (Å²) < 4.78 is 10.6. The molecule has 76 valence electrons. The summed E-state index contributed by atoms with van der Waals surface area (Å²) in [5.74, 6) is -0.802. The van der Waals surface area contributed by atoms with Crippen molar-refractivity contribution >= 4 is 5.97 Å². The van der Waals surface area contributed by atoms with Gasteiger partial charge in [-0.05, 0) is 12.8 Å². The van der Waals surface area contributed by atoms with Gasteiger partial charge in [-0.15, -0.1) is 0 Å². The van der Waals surface area contributed by atoms with Gasteiger partial charge in [0.05, 0.1) is 12.0 Å². The van der Waals surface area contributed by atoms with Crippen LogP contribution in [0.25, 0.3) is 0 Å². The number of carbonyl (C=O) groups is 1. The first-order chi connectivity index (χ1) is 6.18. The van der Waals surface area contributed by atoms with Gasteiger partial charge in [0.25, 0.3) is 0 Å². The van der Waals surface area contributed by atoms with E-state index in [1.165, 1.54) is 0 Å². The fraction of sp³-hybridized carbons (Fsp3) is 0.889. The minimum Gasteiger partial charge on any atom is -0.481 e. The third-order valence-corrected chi connectivity index (χ3v) is 2.53. The summed E-state index contributed by atoms with van der Waals surface area (Å²) in [5.41, 5.74) is -0.498. The second kappa shape index (κ2) is 4.58. The lowest BCUT2D eigenvalue weighted by Crippen LogP contribution is -2.34. The molecule has 0 aliphatic carbocycles. The zero-order valence-corrected chi connectivity index (χ0v) is 7.91. The summed E-state index contributed by atoms with van der Waals surface area (Å²) in [7, 11) is 1.58. The average Bonchev–Trinajstić information content (AvgIpc) is 2.30. The zero-order chi connectivity index (χ0) is 9.73. The monoisotopic (exact) mass is 188 g/mol. The molecule has 0 bridgehead atoms. The molecule has 4 nitrogen and oxygen atoms in total. The molecular weight excluding hydrogens is 172 g/mol. The topological polar surface area (TPSA) is 55.8 Å². The van der Waals surface area contributed by atoms with E-state index in [2.05, 4.69) is 0 Å². The molecule has 1 aliphatic heterocycles. The highest BCUT2D eigenvalue weighted by atomic mass is 16.5. The van der Waals surface area contributed by atoms with E-state index in [1.807, 2.05) is 0 Å². The molecule has 1 rings (SSSR count). The minimum absolute atomic E-state index is 0.0762. The van der Waals surface area contributed by atoms with Crippen molar-refractivity contribution in [1.29, 1.82) is 0 Å². The van der Waals surface area contributed by atoms with Crippen LogP contribution >= 0.6 is 0 Å². The van der Waals surface area contributed by atoms with E-state index in [1.54, 1.807) is 7.11 Å². The molecule has 0 aromatic rings.